The van der Waals surface area contributed by atoms with Gasteiger partial charge in [0.15, 0.2) is 0 Å². The molecule has 0 aliphatic rings. The number of carbonyl (C=O) groups is 1. The quantitative estimate of drug-likeness (QED) is 0.568. The molecule has 0 aromatic heterocycles. The molecule has 0 radical (unpaired) electrons. The first-order chi connectivity index (χ1) is 6.31. The number of hydrogen-bond donors (Lipinski definition) is 1. The molecule has 0 saturated heterocycles. The van der Waals surface area contributed by atoms with E-state index < -0.39 is 0 Å². The van der Waals surface area contributed by atoms with Gasteiger partial charge >= 0.3 is 0 Å². The summed E-state index contributed by atoms with van der Waals surface area (Å²) >= 11 is 0. The molecule has 0 saturated carbocycles. The Morgan fingerprint density at radius 1 is 1.15 bits per heavy atom. The third-order valence-electron chi connectivity index (χ3n) is 1.47. The molecular formula is C9H19NO3. The fraction of sp³-hybridized carbons (Fsp3) is 0.889. The van der Waals surface area contributed by atoms with Crippen LogP contribution in [0.3, 0.4) is 0 Å². The molecule has 1 amide bonds. The lowest BCUT2D eigenvalue weighted by molar-refractivity contribution is -0.121. The van der Waals surface area contributed by atoms with E-state index in [1.165, 1.54) is 0 Å². The molecule has 0 aliphatic carbocycles. The van der Waals surface area contributed by atoms with Crippen molar-refractivity contribution in [3.05, 3.63) is 0 Å². The van der Waals surface area contributed by atoms with Gasteiger partial charge in [0.25, 0.3) is 0 Å². The first-order valence-corrected chi connectivity index (χ1v) is 4.73. The third kappa shape index (κ3) is 9.30. The van der Waals surface area contributed by atoms with Crippen LogP contribution < -0.4 is 5.32 Å². The minimum absolute atomic E-state index is 0.0633. The second kappa shape index (κ2) is 9.48. The highest BCUT2D eigenvalue weighted by molar-refractivity contribution is 5.75. The second-order valence-corrected chi connectivity index (χ2v) is 2.51. The molecule has 0 heterocycles. The predicted octanol–water partition coefficient (Wildman–Crippen LogP) is 0.566. The van der Waals surface area contributed by atoms with Gasteiger partial charge in [-0.2, -0.15) is 0 Å². The van der Waals surface area contributed by atoms with Crippen molar-refractivity contribution < 1.29 is 14.3 Å². The Morgan fingerprint density at radius 3 is 2.46 bits per heavy atom. The Balaban J connectivity index is 2.95. The van der Waals surface area contributed by atoms with Crippen LogP contribution in [0.25, 0.3) is 0 Å². The first kappa shape index (κ1) is 12.4. The highest BCUT2D eigenvalue weighted by Gasteiger charge is 1.94. The van der Waals surface area contributed by atoms with E-state index in [9.17, 15) is 4.79 Å². The van der Waals surface area contributed by atoms with Crippen LogP contribution in [0.1, 0.15) is 20.3 Å². The lowest BCUT2D eigenvalue weighted by atomic mass is 10.4. The molecule has 0 unspecified atom stereocenters. The van der Waals surface area contributed by atoms with E-state index >= 15 is 0 Å². The van der Waals surface area contributed by atoms with Gasteiger partial charge in [-0.1, -0.05) is 6.92 Å². The molecule has 78 valence electrons. The van der Waals surface area contributed by atoms with Crippen LogP contribution in [0.2, 0.25) is 0 Å². The fourth-order valence-corrected chi connectivity index (χ4v) is 0.752. The van der Waals surface area contributed by atoms with Crippen LogP contribution >= 0.6 is 0 Å². The summed E-state index contributed by atoms with van der Waals surface area (Å²) in [5.41, 5.74) is 0. The van der Waals surface area contributed by atoms with Crippen molar-refractivity contribution >= 4 is 5.91 Å². The monoisotopic (exact) mass is 189 g/mol. The minimum Gasteiger partial charge on any atom is -0.379 e. The number of amides is 1. The molecule has 0 rings (SSSR count). The molecule has 0 bridgehead atoms. The minimum atomic E-state index is 0.0633. The number of ether oxygens (including phenoxy) is 2. The second-order valence-electron chi connectivity index (χ2n) is 2.51. The van der Waals surface area contributed by atoms with Crippen LogP contribution in [0.15, 0.2) is 0 Å². The Labute approximate surface area is 79.6 Å². The van der Waals surface area contributed by atoms with Crippen molar-refractivity contribution in [2.75, 3.05) is 33.0 Å². The van der Waals surface area contributed by atoms with Crippen molar-refractivity contribution in [3.8, 4) is 0 Å². The molecule has 4 nitrogen and oxygen atoms in total. The van der Waals surface area contributed by atoms with Crippen molar-refractivity contribution in [2.24, 2.45) is 0 Å². The van der Waals surface area contributed by atoms with Gasteiger partial charge in [-0.3, -0.25) is 4.79 Å². The maximum absolute atomic E-state index is 10.8. The Kier molecular flexibility index (Phi) is 9.03. The van der Waals surface area contributed by atoms with Crippen LogP contribution in [0.5, 0.6) is 0 Å². The van der Waals surface area contributed by atoms with E-state index in [0.717, 1.165) is 6.61 Å². The largest absolute Gasteiger partial charge is 0.379 e. The van der Waals surface area contributed by atoms with E-state index in [4.69, 9.17) is 9.47 Å². The maximum Gasteiger partial charge on any atom is 0.219 e. The summed E-state index contributed by atoms with van der Waals surface area (Å²) in [6.45, 7) is 6.84. The summed E-state index contributed by atoms with van der Waals surface area (Å²) in [4.78, 5) is 10.8. The van der Waals surface area contributed by atoms with Gasteiger partial charge in [0.2, 0.25) is 5.91 Å². The van der Waals surface area contributed by atoms with E-state index in [1.54, 1.807) is 0 Å². The van der Waals surface area contributed by atoms with Crippen molar-refractivity contribution in [3.63, 3.8) is 0 Å². The van der Waals surface area contributed by atoms with Crippen molar-refractivity contribution in [2.45, 2.75) is 20.3 Å². The molecule has 4 heteroatoms. The summed E-state index contributed by atoms with van der Waals surface area (Å²) in [6.07, 6.45) is 0.527. The molecule has 13 heavy (non-hydrogen) atoms. The highest BCUT2D eigenvalue weighted by Crippen LogP contribution is 1.78. The molecule has 0 spiro atoms. The lowest BCUT2D eigenvalue weighted by Crippen LogP contribution is -2.26. The van der Waals surface area contributed by atoms with Crippen LogP contribution in [-0.4, -0.2) is 38.9 Å². The van der Waals surface area contributed by atoms with Crippen LogP contribution in [0, 0.1) is 0 Å². The molecule has 0 aromatic carbocycles. The molecule has 0 atom stereocenters. The number of nitrogens with one attached hydrogen (secondary N) is 1. The van der Waals surface area contributed by atoms with E-state index in [0.29, 0.717) is 32.8 Å². The number of rotatable bonds is 8. The Hall–Kier alpha value is -0.610. The van der Waals surface area contributed by atoms with E-state index in [2.05, 4.69) is 5.32 Å². The summed E-state index contributed by atoms with van der Waals surface area (Å²) < 4.78 is 10.3. The zero-order valence-corrected chi connectivity index (χ0v) is 8.47. The predicted molar refractivity (Wildman–Crippen MR) is 50.6 cm³/mol. The standard InChI is InChI=1S/C9H19NO3/c1-3-9(11)10-5-6-13-8-7-12-4-2/h3-8H2,1-2H3,(H,10,11). The maximum atomic E-state index is 10.8. The van der Waals surface area contributed by atoms with Gasteiger partial charge in [-0.25, -0.2) is 0 Å². The Bertz CT molecular complexity index is 128. The van der Waals surface area contributed by atoms with Crippen molar-refractivity contribution in [1.82, 2.24) is 5.32 Å². The van der Waals surface area contributed by atoms with Gasteiger partial charge in [-0.15, -0.1) is 0 Å². The zero-order valence-electron chi connectivity index (χ0n) is 8.47. The smallest absolute Gasteiger partial charge is 0.219 e. The zero-order chi connectivity index (χ0) is 9.94. The summed E-state index contributed by atoms with van der Waals surface area (Å²) in [7, 11) is 0. The summed E-state index contributed by atoms with van der Waals surface area (Å²) in [6, 6.07) is 0. The molecule has 0 aliphatic heterocycles. The van der Waals surface area contributed by atoms with Crippen LogP contribution in [0.4, 0.5) is 0 Å². The normalized spacial score (nSPS) is 10.0. The molecular weight excluding hydrogens is 170 g/mol. The number of carbonyl (C=O) groups excluding carboxylic acids is 1. The first-order valence-electron chi connectivity index (χ1n) is 4.73. The lowest BCUT2D eigenvalue weighted by Gasteiger charge is -2.05. The highest BCUT2D eigenvalue weighted by atomic mass is 16.5. The fourth-order valence-electron chi connectivity index (χ4n) is 0.752. The Morgan fingerprint density at radius 2 is 1.85 bits per heavy atom. The van der Waals surface area contributed by atoms with Crippen molar-refractivity contribution in [1.29, 1.82) is 0 Å². The number of hydrogen-bond acceptors (Lipinski definition) is 3. The average Bonchev–Trinajstić information content (AvgIpc) is 2.16. The average molecular weight is 189 g/mol. The summed E-state index contributed by atoms with van der Waals surface area (Å²) in [5, 5.41) is 2.72. The molecule has 0 aromatic rings. The van der Waals surface area contributed by atoms with E-state index in [1.807, 2.05) is 13.8 Å². The van der Waals surface area contributed by atoms with Gasteiger partial charge < -0.3 is 14.8 Å². The van der Waals surface area contributed by atoms with Gasteiger partial charge in [0.05, 0.1) is 19.8 Å². The summed E-state index contributed by atoms with van der Waals surface area (Å²) in [5.74, 6) is 0.0633. The van der Waals surface area contributed by atoms with Gasteiger partial charge in [-0.05, 0) is 6.92 Å². The van der Waals surface area contributed by atoms with Gasteiger partial charge in [0, 0.05) is 19.6 Å². The molecule has 0 fully saturated rings. The topological polar surface area (TPSA) is 47.6 Å². The SMILES string of the molecule is CCOCCOCCNC(=O)CC. The van der Waals surface area contributed by atoms with Gasteiger partial charge in [0.1, 0.15) is 0 Å². The van der Waals surface area contributed by atoms with E-state index in [-0.39, 0.29) is 5.91 Å². The molecule has 1 N–H and O–H groups in total. The van der Waals surface area contributed by atoms with Crippen LogP contribution in [-0.2, 0) is 14.3 Å². The third-order valence-corrected chi connectivity index (χ3v) is 1.47.